The number of nitrogens with zero attached hydrogens (tertiary/aromatic N) is 2. The second kappa shape index (κ2) is 8.77. The zero-order chi connectivity index (χ0) is 25.9. The fourth-order valence-electron chi connectivity index (χ4n) is 6.29. The highest BCUT2D eigenvalue weighted by atomic mass is 16.6. The van der Waals surface area contributed by atoms with Crippen molar-refractivity contribution < 1.29 is 19.0 Å². The van der Waals surface area contributed by atoms with Crippen LogP contribution in [0.15, 0.2) is 72.8 Å². The number of carbonyl (C=O) groups excluding carboxylic acids is 1. The van der Waals surface area contributed by atoms with Gasteiger partial charge in [0, 0.05) is 54.7 Å². The molecule has 0 saturated carbocycles. The zero-order valence-corrected chi connectivity index (χ0v) is 21.7. The number of hydrogen-bond acceptors (Lipinski definition) is 6. The number of hydrogen-bond donors (Lipinski definition) is 0. The molecule has 0 bridgehead atoms. The van der Waals surface area contributed by atoms with Gasteiger partial charge in [0.1, 0.15) is 11.5 Å². The van der Waals surface area contributed by atoms with Gasteiger partial charge in [0.05, 0.1) is 24.3 Å². The minimum Gasteiger partial charge on any atom is -0.456 e. The molecule has 0 amide bonds. The van der Waals surface area contributed by atoms with Crippen LogP contribution in [0.25, 0.3) is 10.8 Å². The Balaban J connectivity index is 1.47. The third-order valence-electron chi connectivity index (χ3n) is 8.16. The van der Waals surface area contributed by atoms with Crippen LogP contribution >= 0.6 is 0 Å². The lowest BCUT2D eigenvalue weighted by Gasteiger charge is -2.38. The molecule has 3 heterocycles. The van der Waals surface area contributed by atoms with Gasteiger partial charge >= 0.3 is 5.97 Å². The van der Waals surface area contributed by atoms with Crippen LogP contribution in [0, 0.1) is 0 Å². The molecule has 1 saturated heterocycles. The van der Waals surface area contributed by atoms with E-state index in [-0.39, 0.29) is 5.97 Å². The van der Waals surface area contributed by atoms with E-state index in [9.17, 15) is 4.79 Å². The van der Waals surface area contributed by atoms with Crippen LogP contribution < -0.4 is 14.5 Å². The highest BCUT2D eigenvalue weighted by Gasteiger charge is 2.54. The van der Waals surface area contributed by atoms with Crippen LogP contribution in [0.1, 0.15) is 40.9 Å². The Labute approximate surface area is 222 Å². The van der Waals surface area contributed by atoms with E-state index < -0.39 is 5.60 Å². The molecular weight excluding hydrogens is 476 g/mol. The van der Waals surface area contributed by atoms with Crippen molar-refractivity contribution in [2.75, 3.05) is 49.2 Å². The maximum absolute atomic E-state index is 13.3. The van der Waals surface area contributed by atoms with Gasteiger partial charge in [0.25, 0.3) is 0 Å². The number of ether oxygens (including phenoxy) is 3. The lowest BCUT2D eigenvalue weighted by Crippen LogP contribution is -2.36. The summed E-state index contributed by atoms with van der Waals surface area (Å²) in [5, 5.41) is 2.10. The Hall–Kier alpha value is -4.03. The van der Waals surface area contributed by atoms with Crippen LogP contribution in [0.5, 0.6) is 11.5 Å². The summed E-state index contributed by atoms with van der Waals surface area (Å²) in [4.78, 5) is 18.0. The largest absolute Gasteiger partial charge is 0.456 e. The van der Waals surface area contributed by atoms with Gasteiger partial charge in [-0.1, -0.05) is 30.3 Å². The van der Waals surface area contributed by atoms with Gasteiger partial charge in [0.15, 0.2) is 5.60 Å². The van der Waals surface area contributed by atoms with Crippen molar-refractivity contribution in [3.63, 3.8) is 0 Å². The first-order chi connectivity index (χ1) is 18.6. The Bertz CT molecular complexity index is 1570. The van der Waals surface area contributed by atoms with E-state index in [1.807, 2.05) is 30.3 Å². The molecule has 3 aliphatic heterocycles. The predicted molar refractivity (Wildman–Crippen MR) is 149 cm³/mol. The van der Waals surface area contributed by atoms with Gasteiger partial charge in [-0.15, -0.1) is 0 Å². The normalized spacial score (nSPS) is 19.5. The summed E-state index contributed by atoms with van der Waals surface area (Å²) in [6.45, 7) is 9.29. The lowest BCUT2D eigenvalue weighted by atomic mass is 9.76. The summed E-state index contributed by atoms with van der Waals surface area (Å²) in [5.74, 6) is 1.12. The first-order valence-electron chi connectivity index (χ1n) is 13.4. The van der Waals surface area contributed by atoms with Gasteiger partial charge in [-0.2, -0.15) is 0 Å². The minimum absolute atomic E-state index is 0.311. The number of benzene rings is 4. The highest BCUT2D eigenvalue weighted by molar-refractivity contribution is 6.00. The Morgan fingerprint density at radius 3 is 2.50 bits per heavy atom. The molecular formula is C32H30N2O4. The fraction of sp³-hybridized carbons (Fsp3) is 0.281. The first-order valence-corrected chi connectivity index (χ1v) is 13.4. The Morgan fingerprint density at radius 1 is 0.868 bits per heavy atom. The number of carbonyl (C=O) groups is 1. The minimum atomic E-state index is -1.08. The van der Waals surface area contributed by atoms with Crippen molar-refractivity contribution >= 4 is 28.1 Å². The maximum Gasteiger partial charge on any atom is 0.340 e. The van der Waals surface area contributed by atoms with Crippen LogP contribution in [0.2, 0.25) is 0 Å². The molecule has 4 aromatic rings. The van der Waals surface area contributed by atoms with E-state index >= 15 is 0 Å². The molecule has 7 rings (SSSR count). The van der Waals surface area contributed by atoms with Crippen LogP contribution in [-0.2, 0) is 15.1 Å². The predicted octanol–water partition coefficient (Wildman–Crippen LogP) is 6.09. The molecule has 3 aliphatic rings. The van der Waals surface area contributed by atoms with Crippen molar-refractivity contribution in [2.24, 2.45) is 0 Å². The van der Waals surface area contributed by atoms with Crippen LogP contribution in [0.3, 0.4) is 0 Å². The van der Waals surface area contributed by atoms with Crippen LogP contribution in [0.4, 0.5) is 11.4 Å². The van der Waals surface area contributed by atoms with Gasteiger partial charge in [-0.3, -0.25) is 0 Å². The molecule has 1 atom stereocenters. The Morgan fingerprint density at radius 2 is 1.68 bits per heavy atom. The monoisotopic (exact) mass is 506 g/mol. The summed E-state index contributed by atoms with van der Waals surface area (Å²) in [6.07, 6.45) is 0. The SMILES string of the molecule is CCN(CC)c1ccc2c(c1)Oc1ccc3cc(N4CCOCC4)ccc3c1C21OC(=O)c2ccccc21. The molecule has 0 N–H and O–H groups in total. The zero-order valence-electron chi connectivity index (χ0n) is 21.7. The third-order valence-corrected chi connectivity index (χ3v) is 8.16. The molecule has 6 nitrogen and oxygen atoms in total. The third kappa shape index (κ3) is 3.26. The first kappa shape index (κ1) is 23.1. The average Bonchev–Trinajstić information content (AvgIpc) is 3.26. The maximum atomic E-state index is 13.3. The van der Waals surface area contributed by atoms with E-state index in [0.717, 1.165) is 78.3 Å². The lowest BCUT2D eigenvalue weighted by molar-refractivity contribution is 0.0229. The second-order valence-electron chi connectivity index (χ2n) is 10.0. The molecule has 6 heteroatoms. The quantitative estimate of drug-likeness (QED) is 0.312. The fourth-order valence-corrected chi connectivity index (χ4v) is 6.29. The van der Waals surface area contributed by atoms with Crippen molar-refractivity contribution in [1.29, 1.82) is 0 Å². The highest BCUT2D eigenvalue weighted by Crippen LogP contribution is 2.58. The average molecular weight is 507 g/mol. The Kier molecular flexibility index (Phi) is 5.34. The molecule has 0 radical (unpaired) electrons. The summed E-state index contributed by atoms with van der Waals surface area (Å²) in [7, 11) is 0. The van der Waals surface area contributed by atoms with E-state index in [4.69, 9.17) is 14.2 Å². The van der Waals surface area contributed by atoms with Crippen molar-refractivity contribution in [3.8, 4) is 11.5 Å². The smallest absolute Gasteiger partial charge is 0.340 e. The van der Waals surface area contributed by atoms with Crippen molar-refractivity contribution in [2.45, 2.75) is 19.4 Å². The second-order valence-corrected chi connectivity index (χ2v) is 10.0. The van der Waals surface area contributed by atoms with E-state index in [2.05, 4.69) is 66.1 Å². The van der Waals surface area contributed by atoms with Gasteiger partial charge in [-0.25, -0.2) is 4.79 Å². The van der Waals surface area contributed by atoms with E-state index in [1.165, 1.54) is 5.69 Å². The summed E-state index contributed by atoms with van der Waals surface area (Å²) in [5.41, 5.74) is 4.35. The number of fused-ring (bicyclic) bond motifs is 8. The number of esters is 1. The van der Waals surface area contributed by atoms with Crippen molar-refractivity contribution in [1.82, 2.24) is 0 Å². The van der Waals surface area contributed by atoms with Gasteiger partial charge in [0.2, 0.25) is 0 Å². The number of anilines is 2. The van der Waals surface area contributed by atoms with E-state index in [0.29, 0.717) is 11.3 Å². The molecule has 1 fully saturated rings. The summed E-state index contributed by atoms with van der Waals surface area (Å²) in [6, 6.07) is 24.6. The molecule has 4 aromatic carbocycles. The van der Waals surface area contributed by atoms with Gasteiger partial charge < -0.3 is 24.0 Å². The molecule has 1 spiro atoms. The van der Waals surface area contributed by atoms with Crippen LogP contribution in [-0.4, -0.2) is 45.4 Å². The summed E-state index contributed by atoms with van der Waals surface area (Å²) >= 11 is 0. The molecule has 192 valence electrons. The molecule has 0 aromatic heterocycles. The molecule has 1 unspecified atom stereocenters. The van der Waals surface area contributed by atoms with Gasteiger partial charge in [-0.05, 0) is 61.0 Å². The topological polar surface area (TPSA) is 51.2 Å². The van der Waals surface area contributed by atoms with Crippen molar-refractivity contribution in [3.05, 3.63) is 95.1 Å². The van der Waals surface area contributed by atoms with E-state index in [1.54, 1.807) is 0 Å². The molecule has 38 heavy (non-hydrogen) atoms. The molecule has 0 aliphatic carbocycles. The standard InChI is InChI=1S/C32H30N2O4/c1-3-33(4-2)23-11-13-27-29(20-23)37-28-14-9-21-19-22(34-15-17-36-18-16-34)10-12-24(21)30(28)32(27)26-8-6-5-7-25(26)31(35)38-32/h5-14,19-20H,3-4,15-18H2,1-2H3. The summed E-state index contributed by atoms with van der Waals surface area (Å²) < 4.78 is 18.6. The number of morpholine rings is 1. The number of rotatable bonds is 4.